The number of thiophene rings is 1. The molecular formula is C22H16O3S. The summed E-state index contributed by atoms with van der Waals surface area (Å²) in [6, 6.07) is 17.7. The first-order valence-corrected chi connectivity index (χ1v) is 9.60. The fourth-order valence-electron chi connectivity index (χ4n) is 3.79. The summed E-state index contributed by atoms with van der Waals surface area (Å²) in [6.45, 7) is 0. The maximum absolute atomic E-state index is 12.7. The zero-order valence-electron chi connectivity index (χ0n) is 14.0. The molecule has 4 aromatic rings. The van der Waals surface area contributed by atoms with Gasteiger partial charge in [0.05, 0.1) is 5.39 Å². The maximum atomic E-state index is 12.7. The smallest absolute Gasteiger partial charge is 0.345 e. The third kappa shape index (κ3) is 2.49. The number of para-hydroxylation sites is 1. The lowest BCUT2D eigenvalue weighted by atomic mass is 10.0. The van der Waals surface area contributed by atoms with E-state index < -0.39 is 0 Å². The number of carbonyl (C=O) groups is 1. The van der Waals surface area contributed by atoms with E-state index in [2.05, 4.69) is 12.1 Å². The fraction of sp³-hybridized carbons (Fsp3) is 0.182. The zero-order chi connectivity index (χ0) is 17.7. The van der Waals surface area contributed by atoms with E-state index in [0.29, 0.717) is 23.3 Å². The van der Waals surface area contributed by atoms with Gasteiger partial charge in [-0.3, -0.25) is 4.79 Å². The lowest BCUT2D eigenvalue weighted by Gasteiger charge is -2.01. The number of benzene rings is 2. The van der Waals surface area contributed by atoms with Crippen LogP contribution in [0, 0.1) is 5.92 Å². The van der Waals surface area contributed by atoms with Gasteiger partial charge in [-0.25, -0.2) is 4.79 Å². The van der Waals surface area contributed by atoms with E-state index >= 15 is 0 Å². The quantitative estimate of drug-likeness (QED) is 0.485. The highest BCUT2D eigenvalue weighted by atomic mass is 32.1. The van der Waals surface area contributed by atoms with Gasteiger partial charge in [-0.15, -0.1) is 11.3 Å². The number of hydrogen-bond donors (Lipinski definition) is 0. The Labute approximate surface area is 153 Å². The summed E-state index contributed by atoms with van der Waals surface area (Å²) >= 11 is 1.48. The first-order valence-electron chi connectivity index (χ1n) is 8.72. The lowest BCUT2D eigenvalue weighted by molar-refractivity contribution is -0.119. The molecule has 0 radical (unpaired) electrons. The van der Waals surface area contributed by atoms with Crippen LogP contribution in [0.4, 0.5) is 0 Å². The molecule has 3 nitrogen and oxygen atoms in total. The summed E-state index contributed by atoms with van der Waals surface area (Å²) in [5.41, 5.74) is 1.47. The molecule has 2 unspecified atom stereocenters. The van der Waals surface area contributed by atoms with Crippen molar-refractivity contribution in [1.82, 2.24) is 0 Å². The fourth-order valence-corrected chi connectivity index (χ4v) is 4.83. The molecule has 0 spiro atoms. The van der Waals surface area contributed by atoms with Crippen LogP contribution in [0.1, 0.15) is 22.8 Å². The Balaban J connectivity index is 1.46. The Morgan fingerprint density at radius 1 is 1.04 bits per heavy atom. The molecule has 2 aromatic carbocycles. The van der Waals surface area contributed by atoms with Gasteiger partial charge in [-0.2, -0.15) is 0 Å². The van der Waals surface area contributed by atoms with E-state index in [0.717, 1.165) is 22.1 Å². The third-order valence-corrected chi connectivity index (χ3v) is 6.20. The first kappa shape index (κ1) is 15.5. The molecule has 1 fully saturated rings. The minimum Gasteiger partial charge on any atom is -0.422 e. The SMILES string of the molecule is O=C(Cc1scc2c1c(=O)oc1ccccc12)C1CC1c1ccccc1. The van der Waals surface area contributed by atoms with E-state index in [-0.39, 0.29) is 17.3 Å². The van der Waals surface area contributed by atoms with Crippen molar-refractivity contribution in [3.05, 3.63) is 80.8 Å². The van der Waals surface area contributed by atoms with E-state index in [4.69, 9.17) is 4.42 Å². The second-order valence-corrected chi connectivity index (χ2v) is 7.80. The highest BCUT2D eigenvalue weighted by Gasteiger charge is 2.43. The van der Waals surface area contributed by atoms with Crippen molar-refractivity contribution in [2.24, 2.45) is 5.92 Å². The molecule has 0 N–H and O–H groups in total. The van der Waals surface area contributed by atoms with Crippen LogP contribution in [-0.4, -0.2) is 5.78 Å². The largest absolute Gasteiger partial charge is 0.422 e. The van der Waals surface area contributed by atoms with Crippen molar-refractivity contribution >= 4 is 38.9 Å². The summed E-state index contributed by atoms with van der Waals surface area (Å²) in [4.78, 5) is 26.0. The van der Waals surface area contributed by atoms with Crippen molar-refractivity contribution in [3.63, 3.8) is 0 Å². The average Bonchev–Trinajstić information content (AvgIpc) is 3.37. The van der Waals surface area contributed by atoms with Crippen molar-refractivity contribution in [2.75, 3.05) is 0 Å². The Kier molecular flexibility index (Phi) is 3.54. The molecule has 0 bridgehead atoms. The average molecular weight is 360 g/mol. The van der Waals surface area contributed by atoms with E-state index in [1.807, 2.05) is 41.8 Å². The van der Waals surface area contributed by atoms with Crippen LogP contribution in [0.5, 0.6) is 0 Å². The van der Waals surface area contributed by atoms with Crippen LogP contribution in [0.3, 0.4) is 0 Å². The highest BCUT2D eigenvalue weighted by molar-refractivity contribution is 7.11. The van der Waals surface area contributed by atoms with Crippen LogP contribution in [0.25, 0.3) is 21.7 Å². The van der Waals surface area contributed by atoms with Gasteiger partial charge in [0.1, 0.15) is 11.4 Å². The maximum Gasteiger partial charge on any atom is 0.345 e. The molecule has 0 saturated heterocycles. The number of hydrogen-bond acceptors (Lipinski definition) is 4. The molecule has 4 heteroatoms. The minimum absolute atomic E-state index is 0.0713. The standard InChI is InChI=1S/C22H16O3S/c23-18(16-10-15(16)13-6-2-1-3-7-13)11-20-21-17(12-26-20)14-8-4-5-9-19(14)25-22(21)24/h1-9,12,15-16H,10-11H2. The zero-order valence-corrected chi connectivity index (χ0v) is 14.8. The number of ketones is 1. The molecule has 26 heavy (non-hydrogen) atoms. The molecule has 2 atom stereocenters. The third-order valence-electron chi connectivity index (χ3n) is 5.22. The highest BCUT2D eigenvalue weighted by Crippen LogP contribution is 2.48. The number of Topliss-reactive ketones (excluding diaryl/α,β-unsaturated/α-hetero) is 1. The van der Waals surface area contributed by atoms with Gasteiger partial charge >= 0.3 is 5.63 Å². The van der Waals surface area contributed by atoms with E-state index in [9.17, 15) is 9.59 Å². The Morgan fingerprint density at radius 2 is 1.81 bits per heavy atom. The van der Waals surface area contributed by atoms with Crippen LogP contribution < -0.4 is 5.63 Å². The number of carbonyl (C=O) groups excluding carboxylic acids is 1. The van der Waals surface area contributed by atoms with Crippen LogP contribution in [-0.2, 0) is 11.2 Å². The number of rotatable bonds is 4. The van der Waals surface area contributed by atoms with Gasteiger partial charge in [0.2, 0.25) is 0 Å². The predicted octanol–water partition coefficient (Wildman–Crippen LogP) is 4.92. The summed E-state index contributed by atoms with van der Waals surface area (Å²) in [5.74, 6) is 0.615. The molecule has 5 rings (SSSR count). The molecule has 128 valence electrons. The second kappa shape index (κ2) is 5.92. The molecule has 0 aliphatic heterocycles. The normalized spacial score (nSPS) is 19.1. The van der Waals surface area contributed by atoms with Gasteiger partial charge in [0.15, 0.2) is 0 Å². The summed E-state index contributed by atoms with van der Waals surface area (Å²) < 4.78 is 5.46. The monoisotopic (exact) mass is 360 g/mol. The van der Waals surface area contributed by atoms with Crippen LogP contribution in [0.15, 0.2) is 69.2 Å². The van der Waals surface area contributed by atoms with Crippen molar-refractivity contribution in [2.45, 2.75) is 18.8 Å². The van der Waals surface area contributed by atoms with E-state index in [1.54, 1.807) is 6.07 Å². The lowest BCUT2D eigenvalue weighted by Crippen LogP contribution is -2.08. The predicted molar refractivity (Wildman–Crippen MR) is 104 cm³/mol. The summed E-state index contributed by atoms with van der Waals surface area (Å²) in [5, 5.41) is 4.35. The Morgan fingerprint density at radius 3 is 2.65 bits per heavy atom. The van der Waals surface area contributed by atoms with Crippen molar-refractivity contribution in [1.29, 1.82) is 0 Å². The second-order valence-electron chi connectivity index (χ2n) is 6.84. The Hall–Kier alpha value is -2.72. The van der Waals surface area contributed by atoms with Crippen molar-refractivity contribution < 1.29 is 9.21 Å². The van der Waals surface area contributed by atoms with Gasteiger partial charge in [-0.05, 0) is 29.3 Å². The van der Waals surface area contributed by atoms with E-state index in [1.165, 1.54) is 16.9 Å². The van der Waals surface area contributed by atoms with Crippen LogP contribution >= 0.6 is 11.3 Å². The molecule has 0 amide bonds. The summed E-state index contributed by atoms with van der Waals surface area (Å²) in [6.07, 6.45) is 1.22. The number of fused-ring (bicyclic) bond motifs is 3. The first-order chi connectivity index (χ1) is 12.7. The topological polar surface area (TPSA) is 47.3 Å². The van der Waals surface area contributed by atoms with Gasteiger partial charge in [-0.1, -0.05) is 48.5 Å². The van der Waals surface area contributed by atoms with Gasteiger partial charge in [0, 0.05) is 28.0 Å². The summed E-state index contributed by atoms with van der Waals surface area (Å²) in [7, 11) is 0. The van der Waals surface area contributed by atoms with Gasteiger partial charge in [0.25, 0.3) is 0 Å². The molecule has 1 aliphatic rings. The van der Waals surface area contributed by atoms with Crippen LogP contribution in [0.2, 0.25) is 0 Å². The Bertz CT molecular complexity index is 1190. The minimum atomic E-state index is -0.349. The molecule has 1 aliphatic carbocycles. The molecular weight excluding hydrogens is 344 g/mol. The van der Waals surface area contributed by atoms with Crippen molar-refractivity contribution in [3.8, 4) is 0 Å². The van der Waals surface area contributed by atoms with Gasteiger partial charge < -0.3 is 4.42 Å². The molecule has 2 aromatic heterocycles. The molecule has 2 heterocycles. The molecule has 1 saturated carbocycles.